The molecule has 236 valence electrons. The third-order valence-corrected chi connectivity index (χ3v) is 9.89. The molecule has 0 aliphatic heterocycles. The number of halogens is 2. The van der Waals surface area contributed by atoms with Crippen LogP contribution in [0.3, 0.4) is 0 Å². The summed E-state index contributed by atoms with van der Waals surface area (Å²) in [6.07, 6.45) is 4.87. The zero-order chi connectivity index (χ0) is 31.9. The van der Waals surface area contributed by atoms with E-state index in [2.05, 4.69) is 5.32 Å². The highest BCUT2D eigenvalue weighted by Crippen LogP contribution is 2.32. The Morgan fingerprint density at radius 2 is 1.64 bits per heavy atom. The van der Waals surface area contributed by atoms with Gasteiger partial charge in [0.25, 0.3) is 10.0 Å². The lowest BCUT2D eigenvalue weighted by atomic mass is 9.95. The van der Waals surface area contributed by atoms with E-state index >= 15 is 0 Å². The lowest BCUT2D eigenvalue weighted by Crippen LogP contribution is -2.53. The maximum atomic E-state index is 14.1. The Labute approximate surface area is 262 Å². The number of benzene rings is 3. The van der Waals surface area contributed by atoms with Crippen LogP contribution in [0, 0.1) is 5.82 Å². The van der Waals surface area contributed by atoms with Gasteiger partial charge < -0.3 is 19.7 Å². The predicted molar refractivity (Wildman–Crippen MR) is 167 cm³/mol. The quantitative estimate of drug-likeness (QED) is 0.277. The number of ether oxygens (including phenoxy) is 2. The number of carbonyl (C=O) groups is 2. The first kappa shape index (κ1) is 33.1. The number of hydrogen-bond acceptors (Lipinski definition) is 6. The molecule has 1 atom stereocenters. The second kappa shape index (κ2) is 14.8. The fourth-order valence-corrected chi connectivity index (χ4v) is 6.83. The summed E-state index contributed by atoms with van der Waals surface area (Å²) in [6, 6.07) is 14.8. The van der Waals surface area contributed by atoms with Gasteiger partial charge in [-0.15, -0.1) is 0 Å². The van der Waals surface area contributed by atoms with Crippen molar-refractivity contribution in [1.29, 1.82) is 0 Å². The number of sulfonamides is 1. The molecular formula is C32H37ClFN3O6S. The molecule has 0 spiro atoms. The molecule has 3 aromatic rings. The van der Waals surface area contributed by atoms with Gasteiger partial charge in [0, 0.05) is 23.7 Å². The molecule has 1 aliphatic rings. The molecule has 1 N–H and O–H groups in total. The lowest BCUT2D eigenvalue weighted by molar-refractivity contribution is -0.139. The van der Waals surface area contributed by atoms with E-state index in [1.54, 1.807) is 31.2 Å². The molecule has 12 heteroatoms. The van der Waals surface area contributed by atoms with Gasteiger partial charge in [-0.1, -0.05) is 49.1 Å². The SMILES string of the molecule is COc1ccc(S(=O)(=O)N(CC(=O)N(Cc2ccccc2Cl)[C@H](C)C(=O)NC2CCCCC2)c2ccc(F)cc2)cc1OC. The van der Waals surface area contributed by atoms with Crippen molar-refractivity contribution in [3.63, 3.8) is 0 Å². The van der Waals surface area contributed by atoms with Gasteiger partial charge in [-0.3, -0.25) is 13.9 Å². The van der Waals surface area contributed by atoms with Crippen LogP contribution in [0.25, 0.3) is 0 Å². The number of carbonyl (C=O) groups excluding carboxylic acids is 2. The Kier molecular flexibility index (Phi) is 11.1. The normalized spacial score (nSPS) is 14.4. The van der Waals surface area contributed by atoms with E-state index in [0.29, 0.717) is 16.3 Å². The summed E-state index contributed by atoms with van der Waals surface area (Å²) in [5.41, 5.74) is 0.655. The zero-order valence-electron chi connectivity index (χ0n) is 25.0. The van der Waals surface area contributed by atoms with E-state index in [0.717, 1.165) is 48.5 Å². The minimum Gasteiger partial charge on any atom is -0.493 e. The molecule has 1 fully saturated rings. The van der Waals surface area contributed by atoms with Gasteiger partial charge in [0.2, 0.25) is 11.8 Å². The van der Waals surface area contributed by atoms with Gasteiger partial charge in [-0.2, -0.15) is 0 Å². The van der Waals surface area contributed by atoms with Crippen LogP contribution in [-0.2, 0) is 26.2 Å². The van der Waals surface area contributed by atoms with Crippen LogP contribution < -0.4 is 19.1 Å². The van der Waals surface area contributed by atoms with Crippen LogP contribution >= 0.6 is 11.6 Å². The molecule has 1 saturated carbocycles. The van der Waals surface area contributed by atoms with Gasteiger partial charge >= 0.3 is 0 Å². The highest BCUT2D eigenvalue weighted by Gasteiger charge is 2.34. The van der Waals surface area contributed by atoms with E-state index in [4.69, 9.17) is 21.1 Å². The van der Waals surface area contributed by atoms with Crippen molar-refractivity contribution >= 4 is 39.1 Å². The third-order valence-electron chi connectivity index (χ3n) is 7.75. The average Bonchev–Trinajstić information content (AvgIpc) is 3.03. The van der Waals surface area contributed by atoms with Gasteiger partial charge in [-0.25, -0.2) is 12.8 Å². The van der Waals surface area contributed by atoms with Crippen LogP contribution in [0.15, 0.2) is 71.6 Å². The molecule has 0 heterocycles. The number of methoxy groups -OCH3 is 2. The minimum atomic E-state index is -4.40. The van der Waals surface area contributed by atoms with E-state index in [1.807, 2.05) is 0 Å². The van der Waals surface area contributed by atoms with Crippen molar-refractivity contribution in [3.05, 3.63) is 83.1 Å². The number of hydrogen-bond donors (Lipinski definition) is 1. The third kappa shape index (κ3) is 7.81. The molecule has 4 rings (SSSR count). The Morgan fingerprint density at radius 3 is 2.27 bits per heavy atom. The van der Waals surface area contributed by atoms with E-state index < -0.39 is 34.3 Å². The monoisotopic (exact) mass is 645 g/mol. The summed E-state index contributed by atoms with van der Waals surface area (Å²) in [4.78, 5) is 28.7. The van der Waals surface area contributed by atoms with Gasteiger partial charge in [0.1, 0.15) is 18.4 Å². The topological polar surface area (TPSA) is 105 Å². The number of anilines is 1. The Hall–Kier alpha value is -3.83. The first-order chi connectivity index (χ1) is 21.0. The minimum absolute atomic E-state index is 0.0112. The predicted octanol–water partition coefficient (Wildman–Crippen LogP) is 5.56. The smallest absolute Gasteiger partial charge is 0.264 e. The zero-order valence-corrected chi connectivity index (χ0v) is 26.5. The van der Waals surface area contributed by atoms with E-state index in [1.165, 1.54) is 49.5 Å². The molecule has 0 saturated heterocycles. The summed E-state index contributed by atoms with van der Waals surface area (Å²) in [7, 11) is -1.60. The first-order valence-corrected chi connectivity index (χ1v) is 16.2. The fraction of sp³-hybridized carbons (Fsp3) is 0.375. The van der Waals surface area contributed by atoms with E-state index in [-0.39, 0.29) is 34.8 Å². The Morgan fingerprint density at radius 1 is 0.977 bits per heavy atom. The van der Waals surface area contributed by atoms with Gasteiger partial charge in [0.15, 0.2) is 11.5 Å². The van der Waals surface area contributed by atoms with Crippen LogP contribution in [0.4, 0.5) is 10.1 Å². The number of nitrogens with zero attached hydrogens (tertiary/aromatic N) is 2. The standard InChI is InChI=1S/C32H37ClFN3O6S/c1-22(32(39)35-25-10-5-4-6-11-25)36(20-23-9-7-8-12-28(23)33)31(38)21-37(26-15-13-24(34)14-16-26)44(40,41)27-17-18-29(42-2)30(19-27)43-3/h7-9,12-19,22,25H,4-6,10-11,20-21H2,1-3H3,(H,35,39)/t22-/m1/s1. The van der Waals surface area contributed by atoms with Crippen molar-refractivity contribution in [1.82, 2.24) is 10.2 Å². The van der Waals surface area contributed by atoms with Crippen LogP contribution in [-0.4, -0.2) is 58.0 Å². The maximum absolute atomic E-state index is 14.1. The highest BCUT2D eigenvalue weighted by atomic mass is 35.5. The summed E-state index contributed by atoms with van der Waals surface area (Å²) < 4.78 is 53.5. The molecule has 0 aromatic heterocycles. The lowest BCUT2D eigenvalue weighted by Gasteiger charge is -2.33. The average molecular weight is 646 g/mol. The van der Waals surface area contributed by atoms with Crippen molar-refractivity contribution in [2.75, 3.05) is 25.1 Å². The Balaban J connectivity index is 1.71. The summed E-state index contributed by atoms with van der Waals surface area (Å²) >= 11 is 6.43. The molecule has 0 unspecified atom stereocenters. The highest BCUT2D eigenvalue weighted by molar-refractivity contribution is 7.92. The molecule has 0 bridgehead atoms. The van der Waals surface area contributed by atoms with Crippen LogP contribution in [0.1, 0.15) is 44.6 Å². The van der Waals surface area contributed by atoms with Gasteiger partial charge in [0.05, 0.1) is 24.8 Å². The number of amides is 2. The van der Waals surface area contributed by atoms with Crippen molar-refractivity contribution in [3.8, 4) is 11.5 Å². The Bertz CT molecular complexity index is 1560. The number of nitrogens with one attached hydrogen (secondary N) is 1. The van der Waals surface area contributed by atoms with Crippen molar-refractivity contribution in [2.45, 2.75) is 62.6 Å². The first-order valence-electron chi connectivity index (χ1n) is 14.4. The molecule has 3 aromatic carbocycles. The molecule has 9 nitrogen and oxygen atoms in total. The second-order valence-electron chi connectivity index (χ2n) is 10.6. The summed E-state index contributed by atoms with van der Waals surface area (Å²) in [5.74, 6) is -1.07. The number of rotatable bonds is 12. The maximum Gasteiger partial charge on any atom is 0.264 e. The fourth-order valence-electron chi connectivity index (χ4n) is 5.20. The molecule has 44 heavy (non-hydrogen) atoms. The van der Waals surface area contributed by atoms with Gasteiger partial charge in [-0.05, 0) is 67.8 Å². The second-order valence-corrected chi connectivity index (χ2v) is 12.9. The molecule has 2 amide bonds. The molecular weight excluding hydrogens is 609 g/mol. The molecule has 0 radical (unpaired) electrons. The van der Waals surface area contributed by atoms with E-state index in [9.17, 15) is 22.4 Å². The van der Waals surface area contributed by atoms with Crippen molar-refractivity contribution < 1.29 is 31.9 Å². The summed E-state index contributed by atoms with van der Waals surface area (Å²) in [6.45, 7) is 0.900. The molecule has 1 aliphatic carbocycles. The van der Waals surface area contributed by atoms with Crippen LogP contribution in [0.2, 0.25) is 5.02 Å². The largest absolute Gasteiger partial charge is 0.493 e. The van der Waals surface area contributed by atoms with Crippen molar-refractivity contribution in [2.24, 2.45) is 0 Å². The van der Waals surface area contributed by atoms with Crippen LogP contribution in [0.5, 0.6) is 11.5 Å². The summed E-state index contributed by atoms with van der Waals surface area (Å²) in [5, 5.41) is 3.46.